The molecule has 3 rings (SSSR count). The van der Waals surface area contributed by atoms with Gasteiger partial charge in [0.25, 0.3) is 0 Å². The number of nitrogens with zero attached hydrogens (tertiary/aromatic N) is 3. The highest BCUT2D eigenvalue weighted by molar-refractivity contribution is 6.34. The molecule has 1 aromatic heterocycles. The predicted molar refractivity (Wildman–Crippen MR) is 88.2 cm³/mol. The van der Waals surface area contributed by atoms with Crippen LogP contribution in [0.2, 0.25) is 10.2 Å². The van der Waals surface area contributed by atoms with Crippen molar-refractivity contribution in [1.82, 2.24) is 9.88 Å². The van der Waals surface area contributed by atoms with Crippen LogP contribution in [0.3, 0.4) is 0 Å². The van der Waals surface area contributed by atoms with Crippen molar-refractivity contribution in [3.8, 4) is 0 Å². The zero-order chi connectivity index (χ0) is 14.7. The lowest BCUT2D eigenvalue weighted by atomic mass is 10.2. The summed E-state index contributed by atoms with van der Waals surface area (Å²) in [7, 11) is 0. The molecular formula is C16H17Cl2N3. The van der Waals surface area contributed by atoms with E-state index in [0.29, 0.717) is 10.2 Å². The molecule has 0 unspecified atom stereocenters. The van der Waals surface area contributed by atoms with Crippen LogP contribution >= 0.6 is 23.2 Å². The van der Waals surface area contributed by atoms with E-state index in [1.54, 1.807) is 12.3 Å². The smallest absolute Gasteiger partial charge is 0.130 e. The Kier molecular flexibility index (Phi) is 4.63. The zero-order valence-electron chi connectivity index (χ0n) is 11.7. The number of hydrogen-bond donors (Lipinski definition) is 0. The van der Waals surface area contributed by atoms with Crippen molar-refractivity contribution in [2.75, 3.05) is 31.1 Å². The first-order chi connectivity index (χ1) is 10.2. The van der Waals surface area contributed by atoms with Crippen LogP contribution in [0.1, 0.15) is 5.56 Å². The molecule has 5 heteroatoms. The molecule has 0 N–H and O–H groups in total. The molecule has 0 bridgehead atoms. The molecule has 1 aliphatic rings. The van der Waals surface area contributed by atoms with E-state index in [-0.39, 0.29) is 0 Å². The minimum Gasteiger partial charge on any atom is -0.369 e. The first-order valence-electron chi connectivity index (χ1n) is 7.04. The number of halogens is 2. The minimum atomic E-state index is 0.442. The van der Waals surface area contributed by atoms with E-state index < -0.39 is 0 Å². The van der Waals surface area contributed by atoms with Crippen LogP contribution in [0, 0.1) is 0 Å². The highest BCUT2D eigenvalue weighted by Gasteiger charge is 2.18. The zero-order valence-corrected chi connectivity index (χ0v) is 13.2. The first-order valence-corrected chi connectivity index (χ1v) is 7.80. The predicted octanol–water partition coefficient (Wildman–Crippen LogP) is 3.71. The Morgan fingerprint density at radius 1 is 1.00 bits per heavy atom. The Morgan fingerprint density at radius 2 is 1.71 bits per heavy atom. The molecule has 0 atom stereocenters. The van der Waals surface area contributed by atoms with E-state index in [9.17, 15) is 0 Å². The fourth-order valence-corrected chi connectivity index (χ4v) is 3.02. The van der Waals surface area contributed by atoms with Gasteiger partial charge in [-0.1, -0.05) is 41.4 Å². The molecule has 0 aliphatic carbocycles. The summed E-state index contributed by atoms with van der Waals surface area (Å²) in [5.74, 6) is 0. The van der Waals surface area contributed by atoms with Crippen molar-refractivity contribution < 1.29 is 0 Å². The second-order valence-corrected chi connectivity index (χ2v) is 5.99. The summed E-state index contributed by atoms with van der Waals surface area (Å²) in [6.45, 7) is 4.93. The third-order valence-corrected chi connectivity index (χ3v) is 4.34. The van der Waals surface area contributed by atoms with Gasteiger partial charge in [-0.05, 0) is 18.2 Å². The van der Waals surface area contributed by atoms with E-state index in [1.807, 2.05) is 0 Å². The lowest BCUT2D eigenvalue weighted by molar-refractivity contribution is 0.249. The van der Waals surface area contributed by atoms with Crippen molar-refractivity contribution in [3.63, 3.8) is 0 Å². The maximum Gasteiger partial charge on any atom is 0.130 e. The van der Waals surface area contributed by atoms with E-state index in [2.05, 4.69) is 45.1 Å². The number of aromatic nitrogens is 1. The van der Waals surface area contributed by atoms with Gasteiger partial charge >= 0.3 is 0 Å². The second-order valence-electron chi connectivity index (χ2n) is 5.20. The molecule has 3 nitrogen and oxygen atoms in total. The topological polar surface area (TPSA) is 19.4 Å². The summed E-state index contributed by atoms with van der Waals surface area (Å²) >= 11 is 12.0. The van der Waals surface area contributed by atoms with Gasteiger partial charge < -0.3 is 4.90 Å². The van der Waals surface area contributed by atoms with E-state index >= 15 is 0 Å². The molecule has 0 radical (unpaired) electrons. The van der Waals surface area contributed by atoms with Crippen molar-refractivity contribution in [3.05, 3.63) is 58.3 Å². The van der Waals surface area contributed by atoms with E-state index in [4.69, 9.17) is 23.2 Å². The van der Waals surface area contributed by atoms with Gasteiger partial charge in [-0.2, -0.15) is 0 Å². The van der Waals surface area contributed by atoms with Crippen molar-refractivity contribution in [2.45, 2.75) is 6.54 Å². The molecule has 21 heavy (non-hydrogen) atoms. The average Bonchev–Trinajstić information content (AvgIpc) is 2.52. The van der Waals surface area contributed by atoms with Gasteiger partial charge in [-0.15, -0.1) is 0 Å². The van der Waals surface area contributed by atoms with E-state index in [1.165, 1.54) is 5.69 Å². The number of benzene rings is 1. The fourth-order valence-electron chi connectivity index (χ4n) is 2.60. The molecule has 0 spiro atoms. The van der Waals surface area contributed by atoms with Gasteiger partial charge in [0.1, 0.15) is 5.15 Å². The number of pyridine rings is 1. The SMILES string of the molecule is Clc1cc(Cl)c(CN2CCN(c3ccccc3)CC2)cn1. The van der Waals surface area contributed by atoms with Gasteiger partial charge in [0.15, 0.2) is 0 Å². The number of anilines is 1. The standard InChI is InChI=1S/C16H17Cl2N3/c17-15-10-16(18)19-11-13(15)12-20-6-8-21(9-7-20)14-4-2-1-3-5-14/h1-5,10-11H,6-9,12H2. The summed E-state index contributed by atoms with van der Waals surface area (Å²) in [5, 5.41) is 1.14. The average molecular weight is 322 g/mol. The van der Waals surface area contributed by atoms with Crippen LogP contribution in [0.25, 0.3) is 0 Å². The summed E-state index contributed by atoms with van der Waals surface area (Å²) in [5.41, 5.74) is 2.33. The number of rotatable bonds is 3. The monoisotopic (exact) mass is 321 g/mol. The lowest BCUT2D eigenvalue weighted by Crippen LogP contribution is -2.46. The maximum absolute atomic E-state index is 6.21. The number of para-hydroxylation sites is 1. The van der Waals surface area contributed by atoms with Gasteiger partial charge in [0.05, 0.1) is 0 Å². The largest absolute Gasteiger partial charge is 0.369 e. The lowest BCUT2D eigenvalue weighted by Gasteiger charge is -2.36. The molecule has 1 saturated heterocycles. The summed E-state index contributed by atoms with van der Waals surface area (Å²) in [6, 6.07) is 12.3. The third kappa shape index (κ3) is 3.67. The number of hydrogen-bond acceptors (Lipinski definition) is 3. The van der Waals surface area contributed by atoms with Gasteiger partial charge in [-0.25, -0.2) is 4.98 Å². The third-order valence-electron chi connectivity index (χ3n) is 3.78. The van der Waals surface area contributed by atoms with Gasteiger partial charge in [0.2, 0.25) is 0 Å². The Hall–Kier alpha value is -1.29. The molecule has 2 aromatic rings. The Morgan fingerprint density at radius 3 is 2.38 bits per heavy atom. The molecule has 110 valence electrons. The van der Waals surface area contributed by atoms with Crippen molar-refractivity contribution >= 4 is 28.9 Å². The molecule has 0 saturated carbocycles. The van der Waals surface area contributed by atoms with Crippen LogP contribution < -0.4 is 4.90 Å². The summed E-state index contributed by atoms with van der Waals surface area (Å²) < 4.78 is 0. The number of piperazine rings is 1. The highest BCUT2D eigenvalue weighted by Crippen LogP contribution is 2.21. The van der Waals surface area contributed by atoms with Crippen LogP contribution in [0.4, 0.5) is 5.69 Å². The van der Waals surface area contributed by atoms with Crippen molar-refractivity contribution in [2.24, 2.45) is 0 Å². The fraction of sp³-hybridized carbons (Fsp3) is 0.312. The molecule has 2 heterocycles. The second kappa shape index (κ2) is 6.65. The normalized spacial score (nSPS) is 16.2. The Balaban J connectivity index is 1.59. The van der Waals surface area contributed by atoms with Crippen molar-refractivity contribution in [1.29, 1.82) is 0 Å². The molecule has 0 amide bonds. The van der Waals surface area contributed by atoms with Crippen LogP contribution in [0.5, 0.6) is 0 Å². The van der Waals surface area contributed by atoms with Gasteiger partial charge in [0, 0.05) is 55.2 Å². The quantitative estimate of drug-likeness (QED) is 0.803. The first kappa shape index (κ1) is 14.6. The molecular weight excluding hydrogens is 305 g/mol. The summed E-state index contributed by atoms with van der Waals surface area (Å²) in [4.78, 5) is 8.93. The highest BCUT2D eigenvalue weighted by atomic mass is 35.5. The molecule has 1 fully saturated rings. The van der Waals surface area contributed by atoms with Gasteiger partial charge in [-0.3, -0.25) is 4.90 Å². The Bertz CT molecular complexity index is 596. The minimum absolute atomic E-state index is 0.442. The Labute approximate surface area is 135 Å². The van der Waals surface area contributed by atoms with Crippen LogP contribution in [-0.2, 0) is 6.54 Å². The molecule has 1 aliphatic heterocycles. The summed E-state index contributed by atoms with van der Waals surface area (Å²) in [6.07, 6.45) is 1.77. The molecule has 1 aromatic carbocycles. The van der Waals surface area contributed by atoms with Crippen LogP contribution in [-0.4, -0.2) is 36.1 Å². The van der Waals surface area contributed by atoms with E-state index in [0.717, 1.165) is 38.3 Å². The maximum atomic E-state index is 6.21. The van der Waals surface area contributed by atoms with Crippen LogP contribution in [0.15, 0.2) is 42.6 Å².